The predicted octanol–water partition coefficient (Wildman–Crippen LogP) is 2.16. The Hall–Kier alpha value is -1.84. The number of hydrogen-bond acceptors (Lipinski definition) is 4. The molecule has 0 atom stereocenters. The van der Waals surface area contributed by atoms with E-state index in [-0.39, 0.29) is 12.5 Å². The van der Waals surface area contributed by atoms with Crippen molar-refractivity contribution in [3.8, 4) is 0 Å². The molecule has 1 aliphatic heterocycles. The third kappa shape index (κ3) is 2.64. The van der Waals surface area contributed by atoms with E-state index >= 15 is 0 Å². The number of anilines is 1. The molecule has 0 N–H and O–H groups in total. The largest absolute Gasteiger partial charge is 0.465 e. The molecule has 0 amide bonds. The first kappa shape index (κ1) is 11.6. The van der Waals surface area contributed by atoms with Crippen LogP contribution in [-0.4, -0.2) is 31.4 Å². The molecule has 0 unspecified atom stereocenters. The highest BCUT2D eigenvalue weighted by Gasteiger charge is 2.19. The van der Waals surface area contributed by atoms with Crippen LogP contribution in [0.15, 0.2) is 29.3 Å². The summed E-state index contributed by atoms with van der Waals surface area (Å²) in [4.78, 5) is 18.0. The van der Waals surface area contributed by atoms with E-state index in [1.165, 1.54) is 0 Å². The second-order valence-corrected chi connectivity index (χ2v) is 4.00. The lowest BCUT2D eigenvalue weighted by Crippen LogP contribution is -2.36. The summed E-state index contributed by atoms with van der Waals surface area (Å²) < 4.78 is 4.97. The lowest BCUT2D eigenvalue weighted by atomic mass is 10.2. The second kappa shape index (κ2) is 4.99. The Labute approximate surface area is 101 Å². The summed E-state index contributed by atoms with van der Waals surface area (Å²) in [5.41, 5.74) is 2.92. The van der Waals surface area contributed by atoms with Gasteiger partial charge in [0, 0.05) is 5.71 Å². The number of esters is 1. The van der Waals surface area contributed by atoms with Crippen LogP contribution in [0.25, 0.3) is 0 Å². The Morgan fingerprint density at radius 3 is 3.00 bits per heavy atom. The van der Waals surface area contributed by atoms with Crippen LogP contribution in [0.3, 0.4) is 0 Å². The van der Waals surface area contributed by atoms with Gasteiger partial charge in [0.2, 0.25) is 0 Å². The van der Waals surface area contributed by atoms with Crippen molar-refractivity contribution in [3.05, 3.63) is 24.3 Å². The van der Waals surface area contributed by atoms with Gasteiger partial charge in [-0.1, -0.05) is 12.1 Å². The maximum absolute atomic E-state index is 11.5. The van der Waals surface area contributed by atoms with Crippen molar-refractivity contribution in [2.24, 2.45) is 4.99 Å². The van der Waals surface area contributed by atoms with Gasteiger partial charge < -0.3 is 9.64 Å². The van der Waals surface area contributed by atoms with Crippen LogP contribution in [-0.2, 0) is 9.53 Å². The maximum atomic E-state index is 11.5. The highest BCUT2D eigenvalue weighted by Crippen LogP contribution is 2.31. The SMILES string of the molecule is CCOC(=O)CN1CC(C)=Nc2ccccc21. The van der Waals surface area contributed by atoms with E-state index < -0.39 is 0 Å². The number of benzene rings is 1. The summed E-state index contributed by atoms with van der Waals surface area (Å²) in [5, 5.41) is 0. The number of carbonyl (C=O) groups is 1. The van der Waals surface area contributed by atoms with Gasteiger partial charge in [0.1, 0.15) is 6.54 Å². The van der Waals surface area contributed by atoms with Crippen molar-refractivity contribution >= 4 is 23.1 Å². The topological polar surface area (TPSA) is 41.9 Å². The molecule has 1 aliphatic rings. The number of fused-ring (bicyclic) bond motifs is 1. The number of para-hydroxylation sites is 2. The molecule has 0 saturated heterocycles. The highest BCUT2D eigenvalue weighted by atomic mass is 16.5. The van der Waals surface area contributed by atoms with Gasteiger partial charge in [-0.15, -0.1) is 0 Å². The number of rotatable bonds is 3. The molecule has 17 heavy (non-hydrogen) atoms. The minimum absolute atomic E-state index is 0.197. The summed E-state index contributed by atoms with van der Waals surface area (Å²) in [6.45, 7) is 5.15. The molecule has 0 fully saturated rings. The highest BCUT2D eigenvalue weighted by molar-refractivity contribution is 5.95. The number of aliphatic imine (C=N–C) groups is 1. The molecule has 2 rings (SSSR count). The van der Waals surface area contributed by atoms with Crippen LogP contribution in [0.4, 0.5) is 11.4 Å². The molecule has 1 aromatic rings. The zero-order valence-corrected chi connectivity index (χ0v) is 10.1. The lowest BCUT2D eigenvalue weighted by Gasteiger charge is -2.28. The molecule has 4 heteroatoms. The van der Waals surface area contributed by atoms with Crippen molar-refractivity contribution < 1.29 is 9.53 Å². The first-order valence-electron chi connectivity index (χ1n) is 5.74. The van der Waals surface area contributed by atoms with Gasteiger partial charge in [0.15, 0.2) is 0 Å². The van der Waals surface area contributed by atoms with Crippen LogP contribution in [0.5, 0.6) is 0 Å². The average Bonchev–Trinajstić information content (AvgIpc) is 2.29. The zero-order valence-electron chi connectivity index (χ0n) is 10.1. The standard InChI is InChI=1S/C13H16N2O2/c1-3-17-13(16)9-15-8-10(2)14-11-6-4-5-7-12(11)15/h4-7H,3,8-9H2,1-2H3. The summed E-state index contributed by atoms with van der Waals surface area (Å²) in [5.74, 6) is -0.197. The number of hydrogen-bond donors (Lipinski definition) is 0. The van der Waals surface area contributed by atoms with Crippen LogP contribution in [0.1, 0.15) is 13.8 Å². The Bertz CT molecular complexity index is 454. The fourth-order valence-corrected chi connectivity index (χ4v) is 1.93. The molecule has 0 spiro atoms. The van der Waals surface area contributed by atoms with Gasteiger partial charge in [0.25, 0.3) is 0 Å². The first-order chi connectivity index (χ1) is 8.20. The summed E-state index contributed by atoms with van der Waals surface area (Å²) in [7, 11) is 0. The molecular weight excluding hydrogens is 216 g/mol. The zero-order chi connectivity index (χ0) is 12.3. The van der Waals surface area contributed by atoms with E-state index in [4.69, 9.17) is 4.74 Å². The smallest absolute Gasteiger partial charge is 0.325 e. The van der Waals surface area contributed by atoms with E-state index in [0.717, 1.165) is 17.1 Å². The van der Waals surface area contributed by atoms with E-state index in [1.54, 1.807) is 0 Å². The normalized spacial score (nSPS) is 14.0. The lowest BCUT2D eigenvalue weighted by molar-refractivity contribution is -0.141. The monoisotopic (exact) mass is 232 g/mol. The molecule has 0 radical (unpaired) electrons. The van der Waals surface area contributed by atoms with E-state index in [2.05, 4.69) is 4.99 Å². The van der Waals surface area contributed by atoms with Crippen LogP contribution >= 0.6 is 0 Å². The quantitative estimate of drug-likeness (QED) is 0.750. The molecule has 90 valence electrons. The molecule has 1 heterocycles. The summed E-state index contributed by atoms with van der Waals surface area (Å²) >= 11 is 0. The molecule has 1 aromatic carbocycles. The maximum Gasteiger partial charge on any atom is 0.325 e. The Morgan fingerprint density at radius 2 is 2.24 bits per heavy atom. The van der Waals surface area contributed by atoms with Gasteiger partial charge in [-0.2, -0.15) is 0 Å². The van der Waals surface area contributed by atoms with Gasteiger partial charge in [-0.05, 0) is 26.0 Å². The molecule has 0 bridgehead atoms. The Morgan fingerprint density at radius 1 is 1.47 bits per heavy atom. The third-order valence-electron chi connectivity index (χ3n) is 2.58. The van der Waals surface area contributed by atoms with Crippen molar-refractivity contribution in [3.63, 3.8) is 0 Å². The summed E-state index contributed by atoms with van der Waals surface area (Å²) in [6.07, 6.45) is 0. The third-order valence-corrected chi connectivity index (χ3v) is 2.58. The predicted molar refractivity (Wildman–Crippen MR) is 68.1 cm³/mol. The minimum Gasteiger partial charge on any atom is -0.465 e. The fraction of sp³-hybridized carbons (Fsp3) is 0.385. The van der Waals surface area contributed by atoms with E-state index in [9.17, 15) is 4.79 Å². The van der Waals surface area contributed by atoms with Crippen LogP contribution in [0.2, 0.25) is 0 Å². The van der Waals surface area contributed by atoms with Gasteiger partial charge >= 0.3 is 5.97 Å². The van der Waals surface area contributed by atoms with Crippen molar-refractivity contribution in [1.82, 2.24) is 0 Å². The van der Waals surface area contributed by atoms with Crippen molar-refractivity contribution in [2.45, 2.75) is 13.8 Å². The number of carbonyl (C=O) groups excluding carboxylic acids is 1. The average molecular weight is 232 g/mol. The Balaban J connectivity index is 2.20. The molecule has 0 aromatic heterocycles. The molecular formula is C13H16N2O2. The molecule has 4 nitrogen and oxygen atoms in total. The summed E-state index contributed by atoms with van der Waals surface area (Å²) in [6, 6.07) is 7.83. The van der Waals surface area contributed by atoms with Crippen molar-refractivity contribution in [1.29, 1.82) is 0 Å². The number of ether oxygens (including phenoxy) is 1. The van der Waals surface area contributed by atoms with Crippen LogP contribution in [0, 0.1) is 0 Å². The van der Waals surface area contributed by atoms with Crippen LogP contribution < -0.4 is 4.90 Å². The Kier molecular flexibility index (Phi) is 3.42. The molecule has 0 aliphatic carbocycles. The number of nitrogens with zero attached hydrogens (tertiary/aromatic N) is 2. The van der Waals surface area contributed by atoms with E-state index in [0.29, 0.717) is 13.2 Å². The molecule has 0 saturated carbocycles. The van der Waals surface area contributed by atoms with E-state index in [1.807, 2.05) is 43.0 Å². The minimum atomic E-state index is -0.197. The van der Waals surface area contributed by atoms with Gasteiger partial charge in [0.05, 0.1) is 24.5 Å². The first-order valence-corrected chi connectivity index (χ1v) is 5.74. The fourth-order valence-electron chi connectivity index (χ4n) is 1.93. The van der Waals surface area contributed by atoms with Gasteiger partial charge in [-0.3, -0.25) is 9.79 Å². The van der Waals surface area contributed by atoms with Gasteiger partial charge in [-0.25, -0.2) is 0 Å². The second-order valence-electron chi connectivity index (χ2n) is 4.00. The van der Waals surface area contributed by atoms with Crippen molar-refractivity contribution in [2.75, 3.05) is 24.6 Å².